The summed E-state index contributed by atoms with van der Waals surface area (Å²) in [6.45, 7) is 2.90. The van der Waals surface area contributed by atoms with Crippen LogP contribution >= 0.6 is 0 Å². The van der Waals surface area contributed by atoms with Gasteiger partial charge in [0.15, 0.2) is 11.6 Å². The van der Waals surface area contributed by atoms with Gasteiger partial charge in [-0.25, -0.2) is 0 Å². The Kier molecular flexibility index (Phi) is 6.11. The predicted octanol–water partition coefficient (Wildman–Crippen LogP) is 2.96. The van der Waals surface area contributed by atoms with Crippen molar-refractivity contribution in [2.24, 2.45) is 5.92 Å². The van der Waals surface area contributed by atoms with Crippen molar-refractivity contribution in [3.8, 4) is 6.07 Å². The average Bonchev–Trinajstić information content (AvgIpc) is 3.61. The Bertz CT molecular complexity index is 854. The highest BCUT2D eigenvalue weighted by Crippen LogP contribution is 2.33. The van der Waals surface area contributed by atoms with Gasteiger partial charge in [-0.15, -0.1) is 0 Å². The highest BCUT2D eigenvalue weighted by atomic mass is 16.3. The van der Waals surface area contributed by atoms with Crippen LogP contribution in [-0.4, -0.2) is 47.9 Å². The van der Waals surface area contributed by atoms with Crippen LogP contribution in [0.2, 0.25) is 0 Å². The molecule has 7 nitrogen and oxygen atoms in total. The Morgan fingerprint density at radius 3 is 2.48 bits per heavy atom. The van der Waals surface area contributed by atoms with E-state index in [2.05, 4.69) is 56.9 Å². The Labute approximate surface area is 171 Å². The summed E-state index contributed by atoms with van der Waals surface area (Å²) in [4.78, 5) is 11.4. The topological polar surface area (TPSA) is 97.1 Å². The number of rotatable bonds is 8. The highest BCUT2D eigenvalue weighted by Gasteiger charge is 2.26. The van der Waals surface area contributed by atoms with E-state index in [1.807, 2.05) is 0 Å². The Morgan fingerprint density at radius 1 is 1.07 bits per heavy atom. The molecule has 1 aliphatic carbocycles. The molecule has 1 aromatic heterocycles. The van der Waals surface area contributed by atoms with Gasteiger partial charge in [0.05, 0.1) is 6.61 Å². The van der Waals surface area contributed by atoms with E-state index < -0.39 is 0 Å². The molecule has 0 unspecified atom stereocenters. The van der Waals surface area contributed by atoms with Crippen LogP contribution in [0.25, 0.3) is 0 Å². The summed E-state index contributed by atoms with van der Waals surface area (Å²) in [7, 11) is 0. The van der Waals surface area contributed by atoms with Crippen molar-refractivity contribution in [2.75, 3.05) is 48.3 Å². The standard InChI is InChI=1S/C22H28N6O/c23-14-19-20(24-10-13-29)26-22(25-15-16-6-7-16)27-21(19)28-11-8-18(9-12-28)17-4-2-1-3-5-17/h1-5,16,18,29H,6-13,15H2,(H2,24,25,26,27). The average molecular weight is 393 g/mol. The van der Waals surface area contributed by atoms with Crippen LogP contribution in [0.1, 0.15) is 42.7 Å². The molecule has 2 fully saturated rings. The van der Waals surface area contributed by atoms with E-state index in [4.69, 9.17) is 4.98 Å². The number of aliphatic hydroxyl groups is 1. The first kappa shape index (κ1) is 19.5. The fraction of sp³-hybridized carbons (Fsp3) is 0.500. The van der Waals surface area contributed by atoms with Crippen molar-refractivity contribution in [2.45, 2.75) is 31.6 Å². The molecule has 2 heterocycles. The first-order valence-electron chi connectivity index (χ1n) is 10.5. The highest BCUT2D eigenvalue weighted by molar-refractivity contribution is 5.68. The van der Waals surface area contributed by atoms with Gasteiger partial charge in [-0.2, -0.15) is 15.2 Å². The van der Waals surface area contributed by atoms with Gasteiger partial charge in [-0.3, -0.25) is 0 Å². The summed E-state index contributed by atoms with van der Waals surface area (Å²) in [5.41, 5.74) is 1.83. The number of anilines is 3. The normalized spacial score (nSPS) is 17.0. The van der Waals surface area contributed by atoms with Crippen LogP contribution in [0, 0.1) is 17.2 Å². The van der Waals surface area contributed by atoms with Crippen molar-refractivity contribution in [1.82, 2.24) is 9.97 Å². The number of hydrogen-bond donors (Lipinski definition) is 3. The summed E-state index contributed by atoms with van der Waals surface area (Å²) < 4.78 is 0. The second-order valence-electron chi connectivity index (χ2n) is 7.85. The quantitative estimate of drug-likeness (QED) is 0.635. The zero-order chi connectivity index (χ0) is 20.1. The molecule has 4 rings (SSSR count). The van der Waals surface area contributed by atoms with Crippen LogP contribution in [0.15, 0.2) is 30.3 Å². The summed E-state index contributed by atoms with van der Waals surface area (Å²) >= 11 is 0. The van der Waals surface area contributed by atoms with Gasteiger partial charge in [0.2, 0.25) is 5.95 Å². The second-order valence-corrected chi connectivity index (χ2v) is 7.85. The third kappa shape index (κ3) is 4.77. The maximum Gasteiger partial charge on any atom is 0.226 e. The SMILES string of the molecule is N#Cc1c(NCCO)nc(NCC2CC2)nc1N1CCC(c2ccccc2)CC1. The van der Waals surface area contributed by atoms with Crippen LogP contribution in [0.3, 0.4) is 0 Å². The van der Waals surface area contributed by atoms with Gasteiger partial charge < -0.3 is 20.6 Å². The van der Waals surface area contributed by atoms with Gasteiger partial charge in [0, 0.05) is 26.2 Å². The number of piperidine rings is 1. The summed E-state index contributed by atoms with van der Waals surface area (Å²) in [5.74, 6) is 2.98. The number of nitrogens with zero attached hydrogens (tertiary/aromatic N) is 4. The van der Waals surface area contributed by atoms with Crippen LogP contribution in [-0.2, 0) is 0 Å². The molecule has 2 aliphatic rings. The molecular formula is C22H28N6O. The maximum atomic E-state index is 9.80. The molecule has 1 aromatic carbocycles. The van der Waals surface area contributed by atoms with Crippen molar-refractivity contribution in [1.29, 1.82) is 5.26 Å². The lowest BCUT2D eigenvalue weighted by Gasteiger charge is -2.33. The van der Waals surface area contributed by atoms with Gasteiger partial charge in [-0.1, -0.05) is 30.3 Å². The van der Waals surface area contributed by atoms with E-state index in [1.165, 1.54) is 18.4 Å². The number of benzene rings is 1. The Balaban J connectivity index is 1.54. The van der Waals surface area contributed by atoms with Crippen LogP contribution in [0.4, 0.5) is 17.6 Å². The third-order valence-electron chi connectivity index (χ3n) is 5.72. The summed E-state index contributed by atoms with van der Waals surface area (Å²) in [6, 6.07) is 12.9. The molecule has 3 N–H and O–H groups in total. The van der Waals surface area contributed by atoms with Crippen molar-refractivity contribution < 1.29 is 5.11 Å². The molecule has 0 atom stereocenters. The van der Waals surface area contributed by atoms with Crippen molar-refractivity contribution in [3.63, 3.8) is 0 Å². The molecule has 1 saturated carbocycles. The predicted molar refractivity (Wildman–Crippen MR) is 114 cm³/mol. The minimum Gasteiger partial charge on any atom is -0.395 e. The van der Waals surface area contributed by atoms with E-state index in [0.717, 1.165) is 32.5 Å². The number of aliphatic hydroxyl groups excluding tert-OH is 1. The second kappa shape index (κ2) is 9.10. The fourth-order valence-electron chi connectivity index (χ4n) is 3.87. The smallest absolute Gasteiger partial charge is 0.226 e. The van der Waals surface area contributed by atoms with Gasteiger partial charge in [-0.05, 0) is 43.1 Å². The first-order chi connectivity index (χ1) is 14.3. The van der Waals surface area contributed by atoms with Gasteiger partial charge in [0.1, 0.15) is 11.6 Å². The molecular weight excluding hydrogens is 364 g/mol. The van der Waals surface area contributed by atoms with Crippen molar-refractivity contribution >= 4 is 17.6 Å². The lowest BCUT2D eigenvalue weighted by molar-refractivity contribution is 0.311. The molecule has 1 saturated heterocycles. The number of aromatic nitrogens is 2. The largest absolute Gasteiger partial charge is 0.395 e. The molecule has 0 amide bonds. The molecule has 2 aromatic rings. The monoisotopic (exact) mass is 392 g/mol. The van der Waals surface area contributed by atoms with Crippen LogP contribution < -0.4 is 15.5 Å². The van der Waals surface area contributed by atoms with Gasteiger partial charge in [0.25, 0.3) is 0 Å². The molecule has 0 bridgehead atoms. The molecule has 1 aliphatic heterocycles. The molecule has 7 heteroatoms. The lowest BCUT2D eigenvalue weighted by atomic mass is 9.89. The third-order valence-corrected chi connectivity index (χ3v) is 5.72. The van der Waals surface area contributed by atoms with E-state index in [1.54, 1.807) is 0 Å². The maximum absolute atomic E-state index is 9.80. The van der Waals surface area contributed by atoms with Gasteiger partial charge >= 0.3 is 0 Å². The van der Waals surface area contributed by atoms with E-state index in [0.29, 0.717) is 41.5 Å². The van der Waals surface area contributed by atoms with E-state index in [-0.39, 0.29) is 6.61 Å². The molecule has 0 spiro atoms. The zero-order valence-electron chi connectivity index (χ0n) is 16.6. The summed E-state index contributed by atoms with van der Waals surface area (Å²) in [6.07, 6.45) is 4.56. The number of hydrogen-bond acceptors (Lipinski definition) is 7. The minimum atomic E-state index is -0.0164. The van der Waals surface area contributed by atoms with Crippen molar-refractivity contribution in [3.05, 3.63) is 41.5 Å². The summed E-state index contributed by atoms with van der Waals surface area (Å²) in [5, 5.41) is 25.4. The molecule has 29 heavy (non-hydrogen) atoms. The molecule has 0 radical (unpaired) electrons. The zero-order valence-corrected chi connectivity index (χ0v) is 16.6. The number of nitriles is 1. The molecule has 152 valence electrons. The fourth-order valence-corrected chi connectivity index (χ4v) is 3.87. The Hall–Kier alpha value is -2.85. The number of nitrogens with one attached hydrogen (secondary N) is 2. The van der Waals surface area contributed by atoms with E-state index in [9.17, 15) is 10.4 Å². The Morgan fingerprint density at radius 2 is 1.83 bits per heavy atom. The van der Waals surface area contributed by atoms with E-state index >= 15 is 0 Å². The van der Waals surface area contributed by atoms with Crippen LogP contribution in [0.5, 0.6) is 0 Å². The lowest BCUT2D eigenvalue weighted by Crippen LogP contribution is -2.34. The minimum absolute atomic E-state index is 0.0164. The first-order valence-corrected chi connectivity index (χ1v) is 10.5.